The Kier molecular flexibility index (Phi) is 5.30. The van der Waals surface area contributed by atoms with Crippen LogP contribution in [0.3, 0.4) is 0 Å². The van der Waals surface area contributed by atoms with Crippen molar-refractivity contribution in [1.29, 1.82) is 0 Å². The Hall–Kier alpha value is -0.980. The van der Waals surface area contributed by atoms with E-state index >= 15 is 0 Å². The van der Waals surface area contributed by atoms with Crippen molar-refractivity contribution in [3.63, 3.8) is 0 Å². The minimum Gasteiger partial charge on any atom is -0.369 e. The molecule has 2 rings (SSSR count). The van der Waals surface area contributed by atoms with Gasteiger partial charge in [-0.1, -0.05) is 6.92 Å². The molecule has 6 heteroatoms. The summed E-state index contributed by atoms with van der Waals surface area (Å²) in [4.78, 5) is 18.0. The van der Waals surface area contributed by atoms with Crippen molar-refractivity contribution in [1.82, 2.24) is 15.2 Å². The predicted molar refractivity (Wildman–Crippen MR) is 77.0 cm³/mol. The third kappa shape index (κ3) is 4.26. The topological polar surface area (TPSA) is 71.2 Å². The van der Waals surface area contributed by atoms with Crippen LogP contribution in [-0.4, -0.2) is 41.5 Å². The Labute approximate surface area is 118 Å². The van der Waals surface area contributed by atoms with Gasteiger partial charge in [-0.3, -0.25) is 9.69 Å². The van der Waals surface area contributed by atoms with E-state index in [0.717, 1.165) is 49.6 Å². The fourth-order valence-corrected chi connectivity index (χ4v) is 3.21. The van der Waals surface area contributed by atoms with Gasteiger partial charge in [-0.15, -0.1) is 11.3 Å². The van der Waals surface area contributed by atoms with Crippen molar-refractivity contribution in [3.05, 3.63) is 16.1 Å². The quantitative estimate of drug-likeness (QED) is 0.807. The molecular formula is C13H22N4OS. The van der Waals surface area contributed by atoms with Gasteiger partial charge in [0, 0.05) is 18.0 Å². The van der Waals surface area contributed by atoms with E-state index in [4.69, 9.17) is 5.73 Å². The van der Waals surface area contributed by atoms with E-state index in [1.54, 1.807) is 11.3 Å². The maximum Gasteiger partial charge on any atom is 0.231 e. The first-order valence-electron chi connectivity index (χ1n) is 6.85. The highest BCUT2D eigenvalue weighted by atomic mass is 32.1. The monoisotopic (exact) mass is 282 g/mol. The molecule has 1 aliphatic heterocycles. The van der Waals surface area contributed by atoms with E-state index in [1.165, 1.54) is 0 Å². The number of carbonyl (C=O) groups is 1. The summed E-state index contributed by atoms with van der Waals surface area (Å²) in [5, 5.41) is 6.59. The van der Waals surface area contributed by atoms with Crippen molar-refractivity contribution in [3.8, 4) is 0 Å². The van der Waals surface area contributed by atoms with Gasteiger partial charge in [0.25, 0.3) is 0 Å². The number of nitrogens with one attached hydrogen (secondary N) is 1. The minimum absolute atomic E-state index is 0.260. The lowest BCUT2D eigenvalue weighted by atomic mass is 10.0. The molecule has 1 fully saturated rings. The molecule has 1 aromatic heterocycles. The van der Waals surface area contributed by atoms with Crippen molar-refractivity contribution >= 4 is 17.2 Å². The number of nitrogens with two attached hydrogens (primary N) is 1. The highest BCUT2D eigenvalue weighted by Crippen LogP contribution is 2.17. The second-order valence-corrected chi connectivity index (χ2v) is 5.88. The number of primary amides is 1. The molecule has 0 unspecified atom stereocenters. The molecule has 2 heterocycles. The third-order valence-electron chi connectivity index (χ3n) is 3.45. The molecule has 3 N–H and O–H groups in total. The number of carbonyl (C=O) groups excluding carboxylic acids is 1. The summed E-state index contributed by atoms with van der Waals surface area (Å²) in [6.45, 7) is 5.18. The van der Waals surface area contributed by atoms with E-state index < -0.39 is 0 Å². The molecule has 1 aliphatic rings. The van der Waals surface area contributed by atoms with Crippen molar-refractivity contribution < 1.29 is 4.79 Å². The normalized spacial score (nSPS) is 16.9. The Morgan fingerprint density at radius 1 is 1.58 bits per heavy atom. The smallest absolute Gasteiger partial charge is 0.231 e. The van der Waals surface area contributed by atoms with Crippen LogP contribution in [0.1, 0.15) is 30.5 Å². The van der Waals surface area contributed by atoms with Gasteiger partial charge in [-0.2, -0.15) is 0 Å². The van der Waals surface area contributed by atoms with Crippen LogP contribution in [-0.2, 0) is 17.8 Å². The molecule has 0 bridgehead atoms. The van der Waals surface area contributed by atoms with Crippen molar-refractivity contribution in [2.45, 2.75) is 38.8 Å². The van der Waals surface area contributed by atoms with Gasteiger partial charge in [-0.25, -0.2) is 4.98 Å². The molecule has 1 amide bonds. The van der Waals surface area contributed by atoms with Gasteiger partial charge < -0.3 is 11.1 Å². The summed E-state index contributed by atoms with van der Waals surface area (Å²) in [6, 6.07) is 0.431. The lowest BCUT2D eigenvalue weighted by molar-refractivity contribution is -0.120. The summed E-state index contributed by atoms with van der Waals surface area (Å²) in [7, 11) is 0. The molecule has 106 valence electrons. The highest BCUT2D eigenvalue weighted by Gasteiger charge is 2.23. The first kappa shape index (κ1) is 14.4. The van der Waals surface area contributed by atoms with Crippen molar-refractivity contribution in [2.24, 2.45) is 5.73 Å². The van der Waals surface area contributed by atoms with E-state index in [-0.39, 0.29) is 5.91 Å². The van der Waals surface area contributed by atoms with E-state index in [1.807, 2.05) is 0 Å². The third-order valence-corrected chi connectivity index (χ3v) is 4.49. The van der Waals surface area contributed by atoms with Gasteiger partial charge in [0.15, 0.2) is 0 Å². The fraction of sp³-hybridized carbons (Fsp3) is 0.692. The highest BCUT2D eigenvalue weighted by molar-refractivity contribution is 7.09. The summed E-state index contributed by atoms with van der Waals surface area (Å²) in [5.41, 5.74) is 6.43. The van der Waals surface area contributed by atoms with Crippen LogP contribution in [0.4, 0.5) is 0 Å². The summed E-state index contributed by atoms with van der Waals surface area (Å²) < 4.78 is 0. The van der Waals surface area contributed by atoms with Gasteiger partial charge in [-0.05, 0) is 32.4 Å². The Balaban J connectivity index is 2.01. The number of hydrogen-bond donors (Lipinski definition) is 2. The number of piperidine rings is 1. The summed E-state index contributed by atoms with van der Waals surface area (Å²) >= 11 is 1.69. The zero-order valence-corrected chi connectivity index (χ0v) is 12.2. The van der Waals surface area contributed by atoms with Gasteiger partial charge in [0.05, 0.1) is 17.2 Å². The standard InChI is InChI=1S/C13H22N4OS/c1-2-13-16-10(9-19-13)7-17(8-12(14)18)11-3-5-15-6-4-11/h9,11,15H,2-8H2,1H3,(H2,14,18). The van der Waals surface area contributed by atoms with Crippen LogP contribution in [0.15, 0.2) is 5.38 Å². The van der Waals surface area contributed by atoms with Gasteiger partial charge in [0.2, 0.25) is 5.91 Å². The zero-order valence-electron chi connectivity index (χ0n) is 11.4. The second-order valence-electron chi connectivity index (χ2n) is 4.94. The number of thiazole rings is 1. The molecule has 1 aromatic rings. The number of aromatic nitrogens is 1. The molecule has 0 saturated carbocycles. The lowest BCUT2D eigenvalue weighted by Gasteiger charge is -2.33. The number of aryl methyl sites for hydroxylation is 1. The molecule has 19 heavy (non-hydrogen) atoms. The van der Waals surface area contributed by atoms with Crippen LogP contribution in [0, 0.1) is 0 Å². The van der Waals surface area contributed by atoms with E-state index in [9.17, 15) is 4.79 Å². The molecule has 5 nitrogen and oxygen atoms in total. The van der Waals surface area contributed by atoms with Crippen molar-refractivity contribution in [2.75, 3.05) is 19.6 Å². The molecule has 0 spiro atoms. The first-order valence-corrected chi connectivity index (χ1v) is 7.73. The Bertz CT molecular complexity index is 415. The molecular weight excluding hydrogens is 260 g/mol. The fourth-order valence-electron chi connectivity index (χ4n) is 2.48. The number of amides is 1. The van der Waals surface area contributed by atoms with Crippen LogP contribution >= 0.6 is 11.3 Å². The van der Waals surface area contributed by atoms with Crippen LogP contribution in [0.5, 0.6) is 0 Å². The SMILES string of the molecule is CCc1nc(CN(CC(N)=O)C2CCNCC2)cs1. The molecule has 0 aliphatic carbocycles. The molecule has 1 saturated heterocycles. The van der Waals surface area contributed by atoms with Crippen LogP contribution in [0.2, 0.25) is 0 Å². The van der Waals surface area contributed by atoms with Crippen LogP contribution < -0.4 is 11.1 Å². The minimum atomic E-state index is -0.260. The van der Waals surface area contributed by atoms with Crippen LogP contribution in [0.25, 0.3) is 0 Å². The zero-order chi connectivity index (χ0) is 13.7. The van der Waals surface area contributed by atoms with E-state index in [2.05, 4.69) is 27.5 Å². The number of hydrogen-bond acceptors (Lipinski definition) is 5. The Morgan fingerprint density at radius 2 is 2.32 bits per heavy atom. The predicted octanol–water partition coefficient (Wildman–Crippen LogP) is 0.745. The van der Waals surface area contributed by atoms with Gasteiger partial charge >= 0.3 is 0 Å². The van der Waals surface area contributed by atoms with Gasteiger partial charge in [0.1, 0.15) is 0 Å². The Morgan fingerprint density at radius 3 is 2.89 bits per heavy atom. The maximum absolute atomic E-state index is 11.3. The van der Waals surface area contributed by atoms with E-state index in [0.29, 0.717) is 12.6 Å². The average Bonchev–Trinajstić information content (AvgIpc) is 2.86. The molecule has 0 atom stereocenters. The lowest BCUT2D eigenvalue weighted by Crippen LogP contribution is -2.46. The maximum atomic E-state index is 11.3. The molecule has 0 aromatic carbocycles. The largest absolute Gasteiger partial charge is 0.369 e. The molecule has 0 radical (unpaired) electrons. The number of nitrogens with zero attached hydrogens (tertiary/aromatic N) is 2. The second kappa shape index (κ2) is 6.98. The summed E-state index contributed by atoms with van der Waals surface area (Å²) in [5.74, 6) is -0.260. The number of rotatable bonds is 6. The average molecular weight is 282 g/mol. The first-order chi connectivity index (χ1) is 9.19. The summed E-state index contributed by atoms with van der Waals surface area (Å²) in [6.07, 6.45) is 3.10.